The number of hydrogen-bond donors (Lipinski definition) is 1. The Hall–Kier alpha value is 0. The van der Waals surface area contributed by atoms with Crippen LogP contribution in [-0.2, 0) is 0 Å². The summed E-state index contributed by atoms with van der Waals surface area (Å²) in [4.78, 5) is 7.41. The van der Waals surface area contributed by atoms with E-state index < -0.39 is 0 Å². The quantitative estimate of drug-likeness (QED) is 0.452. The van der Waals surface area contributed by atoms with Crippen molar-refractivity contribution in [2.24, 2.45) is 16.3 Å². The maximum Gasteiger partial charge on any atom is 0.193 e. The highest BCUT2D eigenvalue weighted by Gasteiger charge is 2.39. The summed E-state index contributed by atoms with van der Waals surface area (Å²) >= 11 is 0. The molecule has 3 aliphatic rings. The van der Waals surface area contributed by atoms with E-state index in [9.17, 15) is 0 Å². The van der Waals surface area contributed by atoms with Crippen LogP contribution < -0.4 is 5.32 Å². The van der Waals surface area contributed by atoms with Gasteiger partial charge < -0.3 is 10.2 Å². The molecule has 4 heteroatoms. The summed E-state index contributed by atoms with van der Waals surface area (Å²) in [6.45, 7) is 6.69. The highest BCUT2D eigenvalue weighted by molar-refractivity contribution is 14.0. The zero-order valence-electron chi connectivity index (χ0n) is 12.9. The van der Waals surface area contributed by atoms with Gasteiger partial charge >= 0.3 is 0 Å². The molecule has 2 aliphatic carbocycles. The summed E-state index contributed by atoms with van der Waals surface area (Å²) in [6.07, 6.45) is 11.4. The number of aliphatic imine (C=N–C) groups is 1. The minimum atomic E-state index is 0. The number of rotatable bonds is 3. The summed E-state index contributed by atoms with van der Waals surface area (Å²) in [6, 6.07) is 0. The van der Waals surface area contributed by atoms with Crippen molar-refractivity contribution in [1.29, 1.82) is 0 Å². The van der Waals surface area contributed by atoms with Gasteiger partial charge in [0.25, 0.3) is 0 Å². The third kappa shape index (κ3) is 4.01. The van der Waals surface area contributed by atoms with Gasteiger partial charge in [-0.1, -0.05) is 19.3 Å². The highest BCUT2D eigenvalue weighted by atomic mass is 127. The van der Waals surface area contributed by atoms with Crippen LogP contribution in [0.15, 0.2) is 4.99 Å². The Morgan fingerprint density at radius 1 is 1.20 bits per heavy atom. The largest absolute Gasteiger partial charge is 0.357 e. The molecule has 1 spiro atoms. The minimum Gasteiger partial charge on any atom is -0.357 e. The molecular formula is C16H30IN3. The van der Waals surface area contributed by atoms with E-state index in [1.54, 1.807) is 0 Å². The third-order valence-corrected chi connectivity index (χ3v) is 5.18. The second kappa shape index (κ2) is 7.32. The van der Waals surface area contributed by atoms with Gasteiger partial charge in [-0.2, -0.15) is 0 Å². The molecule has 116 valence electrons. The van der Waals surface area contributed by atoms with Crippen LogP contribution in [-0.4, -0.2) is 37.0 Å². The molecule has 0 atom stereocenters. The van der Waals surface area contributed by atoms with Gasteiger partial charge in [-0.05, 0) is 50.4 Å². The average Bonchev–Trinajstić information content (AvgIpc) is 3.18. The Labute approximate surface area is 141 Å². The van der Waals surface area contributed by atoms with Crippen molar-refractivity contribution in [3.8, 4) is 0 Å². The predicted molar refractivity (Wildman–Crippen MR) is 95.8 cm³/mol. The number of likely N-dealkylation sites (tertiary alicyclic amines) is 1. The van der Waals surface area contributed by atoms with Crippen LogP contribution in [0.3, 0.4) is 0 Å². The molecule has 20 heavy (non-hydrogen) atoms. The molecule has 0 aromatic rings. The third-order valence-electron chi connectivity index (χ3n) is 5.18. The summed E-state index contributed by atoms with van der Waals surface area (Å²) in [7, 11) is 0. The highest BCUT2D eigenvalue weighted by Crippen LogP contribution is 2.43. The molecule has 0 bridgehead atoms. The first-order valence-corrected chi connectivity index (χ1v) is 8.35. The summed E-state index contributed by atoms with van der Waals surface area (Å²) in [5, 5.41) is 3.51. The smallest absolute Gasteiger partial charge is 0.193 e. The lowest BCUT2D eigenvalue weighted by Gasteiger charge is -2.33. The topological polar surface area (TPSA) is 27.6 Å². The summed E-state index contributed by atoms with van der Waals surface area (Å²) < 4.78 is 0. The maximum absolute atomic E-state index is 4.87. The second-order valence-electron chi connectivity index (χ2n) is 6.87. The van der Waals surface area contributed by atoms with Crippen LogP contribution in [0.5, 0.6) is 0 Å². The van der Waals surface area contributed by atoms with Crippen LogP contribution in [0.2, 0.25) is 0 Å². The van der Waals surface area contributed by atoms with Gasteiger partial charge in [0.2, 0.25) is 0 Å². The van der Waals surface area contributed by atoms with Crippen molar-refractivity contribution in [1.82, 2.24) is 10.2 Å². The lowest BCUT2D eigenvalue weighted by Crippen LogP contribution is -2.41. The van der Waals surface area contributed by atoms with Crippen LogP contribution in [0.1, 0.15) is 58.3 Å². The van der Waals surface area contributed by atoms with Gasteiger partial charge in [-0.3, -0.25) is 4.99 Å². The second-order valence-corrected chi connectivity index (χ2v) is 6.87. The standard InChI is InChI=1S/C16H29N3.HI/c1-2-17-15(18-12-14-6-7-14)19-11-10-16(13-19)8-4-3-5-9-16;/h14H,2-13H2,1H3,(H,17,18);1H. The Bertz CT molecular complexity index is 333. The van der Waals surface area contributed by atoms with Gasteiger partial charge in [0.05, 0.1) is 0 Å². The van der Waals surface area contributed by atoms with Gasteiger partial charge in [0.15, 0.2) is 5.96 Å². The van der Waals surface area contributed by atoms with E-state index in [0.29, 0.717) is 5.41 Å². The molecule has 2 saturated carbocycles. The number of nitrogens with one attached hydrogen (secondary N) is 1. The molecule has 1 saturated heterocycles. The predicted octanol–water partition coefficient (Wildman–Crippen LogP) is 3.64. The lowest BCUT2D eigenvalue weighted by atomic mass is 9.73. The van der Waals surface area contributed by atoms with E-state index in [2.05, 4.69) is 17.1 Å². The zero-order valence-corrected chi connectivity index (χ0v) is 15.2. The fourth-order valence-electron chi connectivity index (χ4n) is 3.77. The molecule has 0 aromatic heterocycles. The maximum atomic E-state index is 4.87. The van der Waals surface area contributed by atoms with Crippen LogP contribution in [0.25, 0.3) is 0 Å². The first kappa shape index (κ1) is 16.4. The molecule has 0 unspecified atom stereocenters. The van der Waals surface area contributed by atoms with Gasteiger partial charge in [0, 0.05) is 26.2 Å². The van der Waals surface area contributed by atoms with Crippen molar-refractivity contribution < 1.29 is 0 Å². The number of nitrogens with zero attached hydrogens (tertiary/aromatic N) is 2. The van der Waals surface area contributed by atoms with Crippen molar-refractivity contribution in [2.45, 2.75) is 58.3 Å². The van der Waals surface area contributed by atoms with Crippen LogP contribution in [0, 0.1) is 11.3 Å². The minimum absolute atomic E-state index is 0. The van der Waals surface area contributed by atoms with Crippen molar-refractivity contribution >= 4 is 29.9 Å². The Morgan fingerprint density at radius 2 is 1.95 bits per heavy atom. The molecule has 0 aromatic carbocycles. The van der Waals surface area contributed by atoms with E-state index in [0.717, 1.165) is 19.0 Å². The molecule has 3 fully saturated rings. The number of halogens is 1. The molecule has 1 aliphatic heterocycles. The fraction of sp³-hybridized carbons (Fsp3) is 0.938. The Kier molecular flexibility index (Phi) is 5.99. The van der Waals surface area contributed by atoms with Gasteiger partial charge in [-0.15, -0.1) is 24.0 Å². The molecule has 0 amide bonds. The SMILES string of the molecule is CCNC(=NCC1CC1)N1CCC2(CCCCC2)C1.I. The van der Waals surface area contributed by atoms with Gasteiger partial charge in [-0.25, -0.2) is 0 Å². The fourth-order valence-corrected chi connectivity index (χ4v) is 3.77. The molecular weight excluding hydrogens is 361 g/mol. The van der Waals surface area contributed by atoms with E-state index in [1.165, 1.54) is 70.4 Å². The Morgan fingerprint density at radius 3 is 2.60 bits per heavy atom. The van der Waals surface area contributed by atoms with Gasteiger partial charge in [0.1, 0.15) is 0 Å². The van der Waals surface area contributed by atoms with E-state index in [-0.39, 0.29) is 24.0 Å². The monoisotopic (exact) mass is 391 g/mol. The van der Waals surface area contributed by atoms with Crippen molar-refractivity contribution in [2.75, 3.05) is 26.2 Å². The van der Waals surface area contributed by atoms with Crippen molar-refractivity contribution in [3.05, 3.63) is 0 Å². The van der Waals surface area contributed by atoms with E-state index in [1.807, 2.05) is 0 Å². The summed E-state index contributed by atoms with van der Waals surface area (Å²) in [5.41, 5.74) is 0.633. The first-order valence-electron chi connectivity index (χ1n) is 8.35. The van der Waals surface area contributed by atoms with Crippen LogP contribution >= 0.6 is 24.0 Å². The number of guanidine groups is 1. The molecule has 1 N–H and O–H groups in total. The lowest BCUT2D eigenvalue weighted by molar-refractivity contribution is 0.203. The van der Waals surface area contributed by atoms with E-state index >= 15 is 0 Å². The Balaban J connectivity index is 0.00000147. The van der Waals surface area contributed by atoms with Crippen molar-refractivity contribution in [3.63, 3.8) is 0 Å². The summed E-state index contributed by atoms with van der Waals surface area (Å²) in [5.74, 6) is 2.08. The normalized spacial score (nSPS) is 25.6. The molecule has 0 radical (unpaired) electrons. The first-order chi connectivity index (χ1) is 9.31. The van der Waals surface area contributed by atoms with E-state index in [4.69, 9.17) is 4.99 Å². The number of hydrogen-bond acceptors (Lipinski definition) is 1. The zero-order chi connectivity index (χ0) is 13.1. The average molecular weight is 391 g/mol. The molecule has 3 rings (SSSR count). The van der Waals surface area contributed by atoms with Crippen LogP contribution in [0.4, 0.5) is 0 Å². The molecule has 3 nitrogen and oxygen atoms in total. The molecule has 1 heterocycles.